The lowest BCUT2D eigenvalue weighted by Crippen LogP contribution is -2.31. The van der Waals surface area contributed by atoms with E-state index in [0.29, 0.717) is 18.1 Å². The average Bonchev–Trinajstić information content (AvgIpc) is 2.94. The van der Waals surface area contributed by atoms with Gasteiger partial charge in [-0.2, -0.15) is 0 Å². The van der Waals surface area contributed by atoms with Gasteiger partial charge in [0.1, 0.15) is 0 Å². The molecular weight excluding hydrogens is 268 g/mol. The maximum Gasteiger partial charge on any atom is 0.230 e. The SMILES string of the molecule is COc1ccc(C)nc1NC(=O)C1CCc2cncn2C1. The Labute approximate surface area is 123 Å². The van der Waals surface area contributed by atoms with Crippen molar-refractivity contribution in [3.63, 3.8) is 0 Å². The number of aryl methyl sites for hydroxylation is 2. The van der Waals surface area contributed by atoms with E-state index in [4.69, 9.17) is 4.74 Å². The molecule has 1 aliphatic rings. The first-order valence-corrected chi connectivity index (χ1v) is 6.99. The summed E-state index contributed by atoms with van der Waals surface area (Å²) in [6.07, 6.45) is 5.33. The van der Waals surface area contributed by atoms with Crippen LogP contribution < -0.4 is 10.1 Å². The second kappa shape index (κ2) is 5.55. The first-order chi connectivity index (χ1) is 10.2. The van der Waals surface area contributed by atoms with E-state index in [1.165, 1.54) is 5.69 Å². The van der Waals surface area contributed by atoms with E-state index >= 15 is 0 Å². The van der Waals surface area contributed by atoms with Crippen LogP contribution in [-0.2, 0) is 17.8 Å². The molecule has 6 nitrogen and oxygen atoms in total. The molecule has 0 aromatic carbocycles. The lowest BCUT2D eigenvalue weighted by atomic mass is 9.97. The molecule has 0 radical (unpaired) electrons. The fraction of sp³-hybridized carbons (Fsp3) is 0.400. The van der Waals surface area contributed by atoms with Crippen LogP contribution in [0.4, 0.5) is 5.82 Å². The minimum atomic E-state index is -0.0706. The van der Waals surface area contributed by atoms with Crippen molar-refractivity contribution >= 4 is 11.7 Å². The molecule has 0 bridgehead atoms. The molecule has 0 aliphatic carbocycles. The molecule has 1 aliphatic heterocycles. The largest absolute Gasteiger partial charge is 0.493 e. The maximum absolute atomic E-state index is 12.4. The Hall–Kier alpha value is -2.37. The van der Waals surface area contributed by atoms with Crippen molar-refractivity contribution < 1.29 is 9.53 Å². The highest BCUT2D eigenvalue weighted by Gasteiger charge is 2.25. The first-order valence-electron chi connectivity index (χ1n) is 6.99. The second-order valence-electron chi connectivity index (χ2n) is 5.27. The Kier molecular flexibility index (Phi) is 3.60. The number of carbonyl (C=O) groups is 1. The highest BCUT2D eigenvalue weighted by atomic mass is 16.5. The molecule has 1 atom stereocenters. The Morgan fingerprint density at radius 3 is 3.14 bits per heavy atom. The van der Waals surface area contributed by atoms with E-state index in [1.54, 1.807) is 13.4 Å². The summed E-state index contributed by atoms with van der Waals surface area (Å²) in [5.74, 6) is 0.969. The van der Waals surface area contributed by atoms with Gasteiger partial charge in [-0.3, -0.25) is 4.79 Å². The zero-order valence-electron chi connectivity index (χ0n) is 12.2. The quantitative estimate of drug-likeness (QED) is 0.934. The molecule has 3 rings (SSSR count). The second-order valence-corrected chi connectivity index (χ2v) is 5.27. The molecule has 6 heteroatoms. The summed E-state index contributed by atoms with van der Waals surface area (Å²) in [7, 11) is 1.57. The fourth-order valence-electron chi connectivity index (χ4n) is 2.60. The highest BCUT2D eigenvalue weighted by Crippen LogP contribution is 2.25. The number of methoxy groups -OCH3 is 1. The smallest absolute Gasteiger partial charge is 0.230 e. The number of rotatable bonds is 3. The van der Waals surface area contributed by atoms with Gasteiger partial charge in [0, 0.05) is 24.1 Å². The minimum absolute atomic E-state index is 0.0225. The van der Waals surface area contributed by atoms with Gasteiger partial charge in [-0.05, 0) is 31.9 Å². The fourth-order valence-corrected chi connectivity index (χ4v) is 2.60. The van der Waals surface area contributed by atoms with Crippen LogP contribution in [0.15, 0.2) is 24.7 Å². The summed E-state index contributed by atoms with van der Waals surface area (Å²) in [5.41, 5.74) is 2.02. The molecule has 1 unspecified atom stereocenters. The third-order valence-corrected chi connectivity index (χ3v) is 3.79. The number of pyridine rings is 1. The molecule has 0 spiro atoms. The lowest BCUT2D eigenvalue weighted by molar-refractivity contribution is -0.120. The summed E-state index contributed by atoms with van der Waals surface area (Å²) in [4.78, 5) is 20.9. The monoisotopic (exact) mass is 286 g/mol. The van der Waals surface area contributed by atoms with Crippen molar-refractivity contribution in [1.82, 2.24) is 14.5 Å². The van der Waals surface area contributed by atoms with Crippen molar-refractivity contribution in [2.75, 3.05) is 12.4 Å². The molecular formula is C15H18N4O2. The van der Waals surface area contributed by atoms with Gasteiger partial charge in [0.15, 0.2) is 11.6 Å². The van der Waals surface area contributed by atoms with Crippen LogP contribution in [0.3, 0.4) is 0 Å². The third kappa shape index (κ3) is 2.74. The predicted molar refractivity (Wildman–Crippen MR) is 78.2 cm³/mol. The molecule has 2 aromatic rings. The molecule has 110 valence electrons. The van der Waals surface area contributed by atoms with Gasteiger partial charge in [-0.1, -0.05) is 0 Å². The standard InChI is InChI=1S/C15H18N4O2/c1-10-3-6-13(21-2)14(17-10)18-15(20)11-4-5-12-7-16-9-19(12)8-11/h3,6-7,9,11H,4-5,8H2,1-2H3,(H,17,18,20). The van der Waals surface area contributed by atoms with Crippen LogP contribution in [0.2, 0.25) is 0 Å². The van der Waals surface area contributed by atoms with Crippen LogP contribution in [0.1, 0.15) is 17.8 Å². The van der Waals surface area contributed by atoms with Crippen LogP contribution in [-0.4, -0.2) is 27.6 Å². The summed E-state index contributed by atoms with van der Waals surface area (Å²) >= 11 is 0. The third-order valence-electron chi connectivity index (χ3n) is 3.79. The van der Waals surface area contributed by atoms with Crippen molar-refractivity contribution in [1.29, 1.82) is 0 Å². The molecule has 21 heavy (non-hydrogen) atoms. The molecule has 1 N–H and O–H groups in total. The van der Waals surface area contributed by atoms with Gasteiger partial charge in [-0.25, -0.2) is 9.97 Å². The molecule has 2 aromatic heterocycles. The number of anilines is 1. The predicted octanol–water partition coefficient (Wildman–Crippen LogP) is 1.80. The van der Waals surface area contributed by atoms with Gasteiger partial charge in [0.25, 0.3) is 0 Å². The summed E-state index contributed by atoms with van der Waals surface area (Å²) < 4.78 is 7.28. The van der Waals surface area contributed by atoms with Gasteiger partial charge >= 0.3 is 0 Å². The molecule has 0 saturated carbocycles. The van der Waals surface area contributed by atoms with Crippen molar-refractivity contribution in [2.24, 2.45) is 5.92 Å². The van der Waals surface area contributed by atoms with E-state index < -0.39 is 0 Å². The zero-order chi connectivity index (χ0) is 14.8. The molecule has 1 amide bonds. The number of fused-ring (bicyclic) bond motifs is 1. The Bertz CT molecular complexity index is 665. The highest BCUT2D eigenvalue weighted by molar-refractivity contribution is 5.93. The van der Waals surface area contributed by atoms with Crippen LogP contribution >= 0.6 is 0 Å². The van der Waals surface area contributed by atoms with Crippen molar-refractivity contribution in [3.05, 3.63) is 36.0 Å². The van der Waals surface area contributed by atoms with E-state index in [1.807, 2.05) is 29.8 Å². The zero-order valence-corrected chi connectivity index (χ0v) is 12.2. The minimum Gasteiger partial charge on any atom is -0.493 e. The molecule has 0 fully saturated rings. The number of amides is 1. The van der Waals surface area contributed by atoms with E-state index in [9.17, 15) is 4.79 Å². The molecule has 3 heterocycles. The normalized spacial score (nSPS) is 17.1. The number of aromatic nitrogens is 3. The first kappa shape index (κ1) is 13.6. The Balaban J connectivity index is 1.74. The Morgan fingerprint density at radius 1 is 1.48 bits per heavy atom. The van der Waals surface area contributed by atoms with Gasteiger partial charge < -0.3 is 14.6 Å². The number of carbonyl (C=O) groups excluding carboxylic acids is 1. The van der Waals surface area contributed by atoms with Crippen LogP contribution in [0, 0.1) is 12.8 Å². The number of hydrogen-bond acceptors (Lipinski definition) is 4. The van der Waals surface area contributed by atoms with E-state index in [-0.39, 0.29) is 11.8 Å². The topological polar surface area (TPSA) is 69.0 Å². The number of nitrogens with zero attached hydrogens (tertiary/aromatic N) is 3. The Morgan fingerprint density at radius 2 is 2.33 bits per heavy atom. The number of imidazole rings is 1. The average molecular weight is 286 g/mol. The van der Waals surface area contributed by atoms with Gasteiger partial charge in [0.2, 0.25) is 5.91 Å². The number of ether oxygens (including phenoxy) is 1. The number of nitrogens with one attached hydrogen (secondary N) is 1. The molecule has 0 saturated heterocycles. The van der Waals surface area contributed by atoms with Crippen molar-refractivity contribution in [2.45, 2.75) is 26.3 Å². The van der Waals surface area contributed by atoms with E-state index in [0.717, 1.165) is 18.5 Å². The summed E-state index contributed by atoms with van der Waals surface area (Å²) in [5, 5.41) is 2.89. The van der Waals surface area contributed by atoms with Crippen molar-refractivity contribution in [3.8, 4) is 5.75 Å². The van der Waals surface area contributed by atoms with Gasteiger partial charge in [0.05, 0.1) is 19.4 Å². The summed E-state index contributed by atoms with van der Waals surface area (Å²) in [6, 6.07) is 3.67. The summed E-state index contributed by atoms with van der Waals surface area (Å²) in [6.45, 7) is 2.54. The number of hydrogen-bond donors (Lipinski definition) is 1. The van der Waals surface area contributed by atoms with Crippen LogP contribution in [0.5, 0.6) is 5.75 Å². The lowest BCUT2D eigenvalue weighted by Gasteiger charge is -2.23. The maximum atomic E-state index is 12.4. The van der Waals surface area contributed by atoms with Crippen LogP contribution in [0.25, 0.3) is 0 Å². The van der Waals surface area contributed by atoms with E-state index in [2.05, 4.69) is 15.3 Å². The van der Waals surface area contributed by atoms with Gasteiger partial charge in [-0.15, -0.1) is 0 Å².